The normalized spacial score (nSPS) is 20.8. The van der Waals surface area contributed by atoms with Gasteiger partial charge in [0.2, 0.25) is 11.8 Å². The number of hydrogen-bond donors (Lipinski definition) is 2. The van der Waals surface area contributed by atoms with E-state index < -0.39 is 29.9 Å². The molecule has 3 amide bonds. The molecule has 0 aliphatic carbocycles. The highest BCUT2D eigenvalue weighted by molar-refractivity contribution is 6.06. The number of nitrogens with one attached hydrogen (secondary N) is 1. The lowest BCUT2D eigenvalue weighted by Gasteiger charge is -2.23. The summed E-state index contributed by atoms with van der Waals surface area (Å²) in [5, 5.41) is 11.2. The fourth-order valence-corrected chi connectivity index (χ4v) is 1.81. The minimum Gasteiger partial charge on any atom is -0.481 e. The first-order chi connectivity index (χ1) is 8.73. The van der Waals surface area contributed by atoms with E-state index in [1.54, 1.807) is 14.1 Å². The van der Waals surface area contributed by atoms with Gasteiger partial charge < -0.3 is 10.4 Å². The van der Waals surface area contributed by atoms with Crippen molar-refractivity contribution < 1.29 is 24.3 Å². The molecule has 0 saturated carbocycles. The van der Waals surface area contributed by atoms with Crippen LogP contribution < -0.4 is 5.32 Å². The summed E-state index contributed by atoms with van der Waals surface area (Å²) >= 11 is 0. The van der Waals surface area contributed by atoms with Gasteiger partial charge in [-0.05, 0) is 14.1 Å². The van der Waals surface area contributed by atoms with Crippen LogP contribution in [0.1, 0.15) is 12.8 Å². The molecule has 1 saturated heterocycles. The van der Waals surface area contributed by atoms with E-state index in [0.29, 0.717) is 0 Å². The number of carboxylic acids is 1. The van der Waals surface area contributed by atoms with Crippen LogP contribution >= 0.6 is 0 Å². The second-order valence-electron chi connectivity index (χ2n) is 4.63. The van der Waals surface area contributed by atoms with E-state index in [9.17, 15) is 19.2 Å². The summed E-state index contributed by atoms with van der Waals surface area (Å²) in [6, 6.07) is -1.78. The van der Waals surface area contributed by atoms with Gasteiger partial charge in [0.1, 0.15) is 6.04 Å². The molecular formula is C11H17N3O5. The fraction of sp³-hybridized carbons (Fsp3) is 0.636. The van der Waals surface area contributed by atoms with Crippen LogP contribution in [0.25, 0.3) is 0 Å². The minimum atomic E-state index is -1.11. The number of rotatable bonds is 5. The highest BCUT2D eigenvalue weighted by Crippen LogP contribution is 2.11. The number of likely N-dealkylation sites (N-methyl/N-ethyl adjacent to an activating group) is 2. The first kappa shape index (κ1) is 15.1. The Kier molecular flexibility index (Phi) is 4.60. The molecule has 1 aliphatic heterocycles. The smallest absolute Gasteiger partial charge is 0.305 e. The average Bonchev–Trinajstić information content (AvgIpc) is 2.53. The van der Waals surface area contributed by atoms with E-state index in [2.05, 4.69) is 5.32 Å². The quantitative estimate of drug-likeness (QED) is 0.575. The molecule has 106 valence electrons. The predicted molar refractivity (Wildman–Crippen MR) is 64.1 cm³/mol. The number of aliphatic carboxylic acids is 1. The van der Waals surface area contributed by atoms with Crippen molar-refractivity contribution in [3.63, 3.8) is 0 Å². The first-order valence-corrected chi connectivity index (χ1v) is 5.73. The highest BCUT2D eigenvalue weighted by atomic mass is 16.4. The zero-order chi connectivity index (χ0) is 14.7. The zero-order valence-corrected chi connectivity index (χ0v) is 11.0. The summed E-state index contributed by atoms with van der Waals surface area (Å²) in [4.78, 5) is 48.0. The lowest BCUT2D eigenvalue weighted by Crippen LogP contribution is -2.50. The number of carboxylic acid groups (broad SMARTS) is 1. The lowest BCUT2D eigenvalue weighted by atomic mass is 10.1. The van der Waals surface area contributed by atoms with Crippen molar-refractivity contribution in [2.24, 2.45) is 0 Å². The minimum absolute atomic E-state index is 0.0890. The van der Waals surface area contributed by atoms with Crippen LogP contribution in [0.4, 0.5) is 0 Å². The van der Waals surface area contributed by atoms with Crippen molar-refractivity contribution in [2.45, 2.75) is 24.9 Å². The molecule has 1 aliphatic rings. The zero-order valence-electron chi connectivity index (χ0n) is 11.0. The van der Waals surface area contributed by atoms with Crippen LogP contribution in [-0.2, 0) is 19.2 Å². The predicted octanol–water partition coefficient (Wildman–Crippen LogP) is -1.74. The molecule has 2 unspecified atom stereocenters. The van der Waals surface area contributed by atoms with Crippen LogP contribution in [0.2, 0.25) is 0 Å². The second kappa shape index (κ2) is 5.79. The summed E-state index contributed by atoms with van der Waals surface area (Å²) in [5.74, 6) is -2.53. The van der Waals surface area contributed by atoms with Gasteiger partial charge >= 0.3 is 5.97 Å². The van der Waals surface area contributed by atoms with Crippen molar-refractivity contribution in [3.05, 3.63) is 0 Å². The Morgan fingerprint density at radius 2 is 2.05 bits per heavy atom. The molecule has 0 bridgehead atoms. The van der Waals surface area contributed by atoms with E-state index in [1.165, 1.54) is 11.9 Å². The monoisotopic (exact) mass is 271 g/mol. The van der Waals surface area contributed by atoms with Crippen molar-refractivity contribution in [1.82, 2.24) is 15.1 Å². The Morgan fingerprint density at radius 3 is 2.42 bits per heavy atom. The van der Waals surface area contributed by atoms with E-state index in [1.807, 2.05) is 0 Å². The van der Waals surface area contributed by atoms with Crippen LogP contribution in [0.15, 0.2) is 0 Å². The number of hydrogen-bond acceptors (Lipinski definition) is 5. The van der Waals surface area contributed by atoms with Crippen LogP contribution in [-0.4, -0.2) is 71.8 Å². The first-order valence-electron chi connectivity index (χ1n) is 5.73. The summed E-state index contributed by atoms with van der Waals surface area (Å²) < 4.78 is 0. The SMILES string of the molecule is CN1C(=O)CC(NC(=O)C(CC(=O)O)N(C)C)C1=O. The molecule has 0 aromatic rings. The molecule has 1 heterocycles. The Labute approximate surface area is 110 Å². The van der Waals surface area contributed by atoms with E-state index in [-0.39, 0.29) is 18.7 Å². The Morgan fingerprint density at radius 1 is 1.47 bits per heavy atom. The highest BCUT2D eigenvalue weighted by Gasteiger charge is 2.38. The number of imide groups is 1. The van der Waals surface area contributed by atoms with E-state index in [0.717, 1.165) is 4.90 Å². The maximum absolute atomic E-state index is 11.9. The van der Waals surface area contributed by atoms with Gasteiger partial charge in [-0.1, -0.05) is 0 Å². The summed E-state index contributed by atoms with van der Waals surface area (Å²) in [5.41, 5.74) is 0. The van der Waals surface area contributed by atoms with Crippen molar-refractivity contribution in [3.8, 4) is 0 Å². The largest absolute Gasteiger partial charge is 0.481 e. The third-order valence-electron chi connectivity index (χ3n) is 2.99. The summed E-state index contributed by atoms with van der Waals surface area (Å²) in [7, 11) is 4.49. The van der Waals surface area contributed by atoms with Gasteiger partial charge in [-0.2, -0.15) is 0 Å². The van der Waals surface area contributed by atoms with Gasteiger partial charge in [-0.25, -0.2) is 0 Å². The molecule has 8 nitrogen and oxygen atoms in total. The maximum Gasteiger partial charge on any atom is 0.305 e. The molecule has 8 heteroatoms. The molecule has 0 aromatic carbocycles. The van der Waals surface area contributed by atoms with Gasteiger partial charge in [-0.3, -0.25) is 29.0 Å². The van der Waals surface area contributed by atoms with Gasteiger partial charge in [0, 0.05) is 7.05 Å². The molecule has 19 heavy (non-hydrogen) atoms. The van der Waals surface area contributed by atoms with Crippen LogP contribution in [0.3, 0.4) is 0 Å². The van der Waals surface area contributed by atoms with Crippen LogP contribution in [0.5, 0.6) is 0 Å². The Balaban J connectivity index is 2.70. The third kappa shape index (κ3) is 3.50. The number of amides is 3. The number of likely N-dealkylation sites (tertiary alicyclic amines) is 1. The van der Waals surface area contributed by atoms with Crippen LogP contribution in [0, 0.1) is 0 Å². The van der Waals surface area contributed by atoms with Crippen molar-refractivity contribution >= 4 is 23.7 Å². The maximum atomic E-state index is 11.9. The molecule has 2 N–H and O–H groups in total. The van der Waals surface area contributed by atoms with E-state index in [4.69, 9.17) is 5.11 Å². The molecular weight excluding hydrogens is 254 g/mol. The van der Waals surface area contributed by atoms with Gasteiger partial charge in [0.15, 0.2) is 0 Å². The fourth-order valence-electron chi connectivity index (χ4n) is 1.81. The van der Waals surface area contributed by atoms with E-state index >= 15 is 0 Å². The Bertz CT molecular complexity index is 421. The second-order valence-corrected chi connectivity index (χ2v) is 4.63. The van der Waals surface area contributed by atoms with Gasteiger partial charge in [-0.15, -0.1) is 0 Å². The summed E-state index contributed by atoms with van der Waals surface area (Å²) in [6.45, 7) is 0. The van der Waals surface area contributed by atoms with Gasteiger partial charge in [0.05, 0.1) is 18.9 Å². The number of carbonyl (C=O) groups is 4. The molecule has 2 atom stereocenters. The van der Waals surface area contributed by atoms with Crippen molar-refractivity contribution in [1.29, 1.82) is 0 Å². The molecule has 1 fully saturated rings. The molecule has 0 radical (unpaired) electrons. The van der Waals surface area contributed by atoms with Crippen molar-refractivity contribution in [2.75, 3.05) is 21.1 Å². The molecule has 0 spiro atoms. The van der Waals surface area contributed by atoms with Gasteiger partial charge in [0.25, 0.3) is 5.91 Å². The lowest BCUT2D eigenvalue weighted by molar-refractivity contribution is -0.142. The average molecular weight is 271 g/mol. The number of nitrogens with zero attached hydrogens (tertiary/aromatic N) is 2. The Hall–Kier alpha value is -1.96. The number of carbonyl (C=O) groups excluding carboxylic acids is 3. The third-order valence-corrected chi connectivity index (χ3v) is 2.99. The topological polar surface area (TPSA) is 107 Å². The summed E-state index contributed by atoms with van der Waals surface area (Å²) in [6.07, 6.45) is -0.460. The standard InChI is InChI=1S/C11H17N3O5/c1-13(2)7(5-9(16)17)10(18)12-6-4-8(15)14(3)11(6)19/h6-7H,4-5H2,1-3H3,(H,12,18)(H,16,17). The molecule has 0 aromatic heterocycles. The molecule has 1 rings (SSSR count).